The van der Waals surface area contributed by atoms with Crippen LogP contribution < -0.4 is 0 Å². The Kier molecular flexibility index (Phi) is 4.83. The Morgan fingerprint density at radius 2 is 1.95 bits per heavy atom. The van der Waals surface area contributed by atoms with Gasteiger partial charge in [-0.05, 0) is 18.6 Å². The number of benzene rings is 1. The molecule has 104 valence electrons. The second-order valence-electron chi connectivity index (χ2n) is 3.92. The number of hydrogen-bond acceptors (Lipinski definition) is 2. The minimum Gasteiger partial charge on any atom is -0.480 e. The van der Waals surface area contributed by atoms with Crippen molar-refractivity contribution in [1.29, 1.82) is 0 Å². The number of likely N-dealkylation sites (N-methyl/N-ethyl adjacent to an activating group) is 1. The van der Waals surface area contributed by atoms with Crippen molar-refractivity contribution in [3.05, 3.63) is 34.4 Å². The highest BCUT2D eigenvalue weighted by molar-refractivity contribution is 6.30. The van der Waals surface area contributed by atoms with Crippen molar-refractivity contribution in [2.24, 2.45) is 0 Å². The summed E-state index contributed by atoms with van der Waals surface area (Å²) in [5.41, 5.74) is -0.552. The van der Waals surface area contributed by atoms with E-state index < -0.39 is 40.1 Å². The molecular formula is C12H12ClF2NO3. The SMILES string of the molecule is CCC(C(=O)O)N(C)C(=O)c1cc(F)c(Cl)cc1F. The summed E-state index contributed by atoms with van der Waals surface area (Å²) < 4.78 is 26.8. The number of halogens is 3. The van der Waals surface area contributed by atoms with Crippen molar-refractivity contribution >= 4 is 23.5 Å². The van der Waals surface area contributed by atoms with E-state index in [1.165, 1.54) is 7.05 Å². The lowest BCUT2D eigenvalue weighted by atomic mass is 10.1. The van der Waals surface area contributed by atoms with Crippen molar-refractivity contribution in [2.75, 3.05) is 7.05 Å². The molecule has 0 fully saturated rings. The van der Waals surface area contributed by atoms with Gasteiger partial charge in [0.2, 0.25) is 0 Å². The van der Waals surface area contributed by atoms with Gasteiger partial charge in [-0.1, -0.05) is 18.5 Å². The summed E-state index contributed by atoms with van der Waals surface area (Å²) in [6.07, 6.45) is 0.148. The Bertz CT molecular complexity index is 522. The van der Waals surface area contributed by atoms with Gasteiger partial charge in [0, 0.05) is 7.05 Å². The number of rotatable bonds is 4. The van der Waals surface area contributed by atoms with E-state index in [1.807, 2.05) is 0 Å². The standard InChI is InChI=1S/C12H12ClF2NO3/c1-3-10(12(18)19)16(2)11(17)6-4-9(15)7(13)5-8(6)14/h4-5,10H,3H2,1-2H3,(H,18,19). The summed E-state index contributed by atoms with van der Waals surface area (Å²) in [5, 5.41) is 8.48. The first-order chi connectivity index (χ1) is 8.79. The van der Waals surface area contributed by atoms with Gasteiger partial charge in [-0.2, -0.15) is 0 Å². The maximum absolute atomic E-state index is 13.6. The van der Waals surface area contributed by atoms with Crippen molar-refractivity contribution in [1.82, 2.24) is 4.90 Å². The highest BCUT2D eigenvalue weighted by Gasteiger charge is 2.27. The van der Waals surface area contributed by atoms with Gasteiger partial charge in [-0.3, -0.25) is 4.79 Å². The summed E-state index contributed by atoms with van der Waals surface area (Å²) >= 11 is 5.38. The van der Waals surface area contributed by atoms with Crippen molar-refractivity contribution in [2.45, 2.75) is 19.4 Å². The Balaban J connectivity index is 3.13. The summed E-state index contributed by atoms with van der Waals surface area (Å²) in [4.78, 5) is 23.7. The zero-order valence-electron chi connectivity index (χ0n) is 10.3. The maximum atomic E-state index is 13.6. The lowest BCUT2D eigenvalue weighted by Crippen LogP contribution is -2.42. The van der Waals surface area contributed by atoms with E-state index in [4.69, 9.17) is 16.7 Å². The largest absolute Gasteiger partial charge is 0.480 e. The quantitative estimate of drug-likeness (QED) is 0.867. The summed E-state index contributed by atoms with van der Waals surface area (Å²) in [6, 6.07) is 0.232. The summed E-state index contributed by atoms with van der Waals surface area (Å²) in [6.45, 7) is 1.57. The molecule has 0 radical (unpaired) electrons. The summed E-state index contributed by atoms with van der Waals surface area (Å²) in [7, 11) is 1.22. The molecule has 0 aliphatic rings. The van der Waals surface area contributed by atoms with Crippen LogP contribution in [0.15, 0.2) is 12.1 Å². The fourth-order valence-electron chi connectivity index (χ4n) is 1.63. The Labute approximate surface area is 113 Å². The van der Waals surface area contributed by atoms with E-state index in [0.717, 1.165) is 4.90 Å². The van der Waals surface area contributed by atoms with Gasteiger partial charge >= 0.3 is 5.97 Å². The molecule has 0 saturated heterocycles. The zero-order chi connectivity index (χ0) is 14.7. The van der Waals surface area contributed by atoms with E-state index in [0.29, 0.717) is 12.1 Å². The van der Waals surface area contributed by atoms with Crippen LogP contribution in [0.25, 0.3) is 0 Å². The second-order valence-corrected chi connectivity index (χ2v) is 4.33. The molecule has 0 aliphatic heterocycles. The molecule has 1 amide bonds. The number of carboxylic acid groups (broad SMARTS) is 1. The Morgan fingerprint density at radius 3 is 2.42 bits per heavy atom. The van der Waals surface area contributed by atoms with E-state index in [2.05, 4.69) is 0 Å². The average molecular weight is 292 g/mol. The van der Waals surface area contributed by atoms with Crippen molar-refractivity contribution < 1.29 is 23.5 Å². The van der Waals surface area contributed by atoms with Crippen molar-refractivity contribution in [3.63, 3.8) is 0 Å². The van der Waals surface area contributed by atoms with E-state index >= 15 is 0 Å². The smallest absolute Gasteiger partial charge is 0.326 e. The Hall–Kier alpha value is -1.69. The van der Waals surface area contributed by atoms with Gasteiger partial charge in [0.05, 0.1) is 10.6 Å². The molecule has 1 N–H and O–H groups in total. The fraction of sp³-hybridized carbons (Fsp3) is 0.333. The molecule has 1 aromatic rings. The van der Waals surface area contributed by atoms with Gasteiger partial charge in [0.15, 0.2) is 0 Å². The average Bonchev–Trinajstić information content (AvgIpc) is 2.33. The fourth-order valence-corrected chi connectivity index (χ4v) is 1.78. The van der Waals surface area contributed by atoms with Crippen LogP contribution in [-0.4, -0.2) is 35.0 Å². The van der Waals surface area contributed by atoms with Crippen molar-refractivity contribution in [3.8, 4) is 0 Å². The van der Waals surface area contributed by atoms with Gasteiger partial charge in [-0.15, -0.1) is 0 Å². The van der Waals surface area contributed by atoms with Gasteiger partial charge in [-0.25, -0.2) is 13.6 Å². The van der Waals surface area contributed by atoms with Crippen LogP contribution in [0.4, 0.5) is 8.78 Å². The predicted molar refractivity (Wildman–Crippen MR) is 65.2 cm³/mol. The third-order valence-corrected chi connectivity index (χ3v) is 2.99. The molecular weight excluding hydrogens is 280 g/mol. The topological polar surface area (TPSA) is 57.6 Å². The van der Waals surface area contributed by atoms with Crippen LogP contribution in [0.3, 0.4) is 0 Å². The number of amides is 1. The Morgan fingerprint density at radius 1 is 1.37 bits per heavy atom. The van der Waals surface area contributed by atoms with E-state index in [9.17, 15) is 18.4 Å². The highest BCUT2D eigenvalue weighted by atomic mass is 35.5. The molecule has 1 atom stereocenters. The van der Waals surface area contributed by atoms with Crippen LogP contribution in [0.2, 0.25) is 5.02 Å². The van der Waals surface area contributed by atoms with Gasteiger partial charge in [0.25, 0.3) is 5.91 Å². The summed E-state index contributed by atoms with van der Waals surface area (Å²) in [5.74, 6) is -4.07. The molecule has 1 aromatic carbocycles. The molecule has 19 heavy (non-hydrogen) atoms. The molecule has 0 bridgehead atoms. The van der Waals surface area contributed by atoms with Gasteiger partial charge < -0.3 is 10.0 Å². The molecule has 0 aliphatic carbocycles. The van der Waals surface area contributed by atoms with E-state index in [-0.39, 0.29) is 6.42 Å². The first kappa shape index (κ1) is 15.4. The van der Waals surface area contributed by atoms with Crippen LogP contribution in [0, 0.1) is 11.6 Å². The molecule has 0 spiro atoms. The third-order valence-electron chi connectivity index (χ3n) is 2.70. The molecule has 7 heteroatoms. The second kappa shape index (κ2) is 5.97. The molecule has 4 nitrogen and oxygen atoms in total. The first-order valence-corrected chi connectivity index (χ1v) is 5.81. The number of carbonyl (C=O) groups excluding carboxylic acids is 1. The molecule has 1 rings (SSSR count). The lowest BCUT2D eigenvalue weighted by molar-refractivity contribution is -0.142. The number of carboxylic acids is 1. The molecule has 0 aromatic heterocycles. The van der Waals surface area contributed by atoms with Crippen LogP contribution in [0.5, 0.6) is 0 Å². The number of hydrogen-bond donors (Lipinski definition) is 1. The number of carbonyl (C=O) groups is 2. The predicted octanol–water partition coefficient (Wildman–Crippen LogP) is 2.55. The van der Waals surface area contributed by atoms with Crippen LogP contribution >= 0.6 is 11.6 Å². The third kappa shape index (κ3) is 3.20. The lowest BCUT2D eigenvalue weighted by Gasteiger charge is -2.24. The molecule has 1 unspecified atom stereocenters. The minimum absolute atomic E-state index is 0.148. The normalized spacial score (nSPS) is 12.1. The minimum atomic E-state index is -1.21. The van der Waals surface area contributed by atoms with Crippen LogP contribution in [-0.2, 0) is 4.79 Å². The monoisotopic (exact) mass is 291 g/mol. The number of aliphatic carboxylic acids is 1. The number of nitrogens with zero attached hydrogens (tertiary/aromatic N) is 1. The van der Waals surface area contributed by atoms with Gasteiger partial charge in [0.1, 0.15) is 17.7 Å². The zero-order valence-corrected chi connectivity index (χ0v) is 11.0. The molecule has 0 heterocycles. The highest BCUT2D eigenvalue weighted by Crippen LogP contribution is 2.21. The maximum Gasteiger partial charge on any atom is 0.326 e. The van der Waals surface area contributed by atoms with E-state index in [1.54, 1.807) is 6.92 Å². The first-order valence-electron chi connectivity index (χ1n) is 5.44. The van der Waals surface area contributed by atoms with Crippen LogP contribution in [0.1, 0.15) is 23.7 Å². The molecule has 0 saturated carbocycles.